The van der Waals surface area contributed by atoms with Crippen LogP contribution >= 0.6 is 15.6 Å². The summed E-state index contributed by atoms with van der Waals surface area (Å²) in [6.45, 7) is 1.40. The van der Waals surface area contributed by atoms with Gasteiger partial charge in [0, 0.05) is 13.3 Å². The molecule has 0 saturated heterocycles. The van der Waals surface area contributed by atoms with Gasteiger partial charge >= 0.3 is 27.6 Å². The Morgan fingerprint density at radius 3 is 1.81 bits per heavy atom. The van der Waals surface area contributed by atoms with Gasteiger partial charge in [0.25, 0.3) is 0 Å². The molecule has 0 aliphatic rings. The highest BCUT2D eigenvalue weighted by atomic mass is 31.2. The second-order valence-electron chi connectivity index (χ2n) is 8.06. The Bertz CT molecular complexity index is 717. The van der Waals surface area contributed by atoms with Crippen LogP contribution in [0.1, 0.15) is 65.7 Å². The lowest BCUT2D eigenvalue weighted by atomic mass is 10.1. The molecular formula is C20H40O14P2. The van der Waals surface area contributed by atoms with Gasteiger partial charge in [0.1, 0.15) is 12.7 Å². The van der Waals surface area contributed by atoms with Gasteiger partial charge in [-0.2, -0.15) is 0 Å². The lowest BCUT2D eigenvalue weighted by Gasteiger charge is -2.20. The molecule has 0 spiro atoms. The van der Waals surface area contributed by atoms with Gasteiger partial charge in [-0.25, -0.2) is 9.13 Å². The summed E-state index contributed by atoms with van der Waals surface area (Å²) in [5.74, 6) is -1.24. The number of rotatable bonds is 22. The average Bonchev–Trinajstić information content (AvgIpc) is 2.79. The first-order valence-electron chi connectivity index (χ1n) is 11.7. The normalized spacial score (nSPS) is 17.4. The summed E-state index contributed by atoms with van der Waals surface area (Å²) in [6.07, 6.45) is 2.07. The van der Waals surface area contributed by atoms with E-state index in [0.29, 0.717) is 6.42 Å². The maximum absolute atomic E-state index is 12.1. The number of carbonyl (C=O) groups excluding carboxylic acids is 2. The number of hydrogen-bond donors (Lipinski definition) is 4. The number of ether oxygens (including phenoxy) is 2. The van der Waals surface area contributed by atoms with E-state index in [1.165, 1.54) is 6.92 Å². The van der Waals surface area contributed by atoms with Crippen LogP contribution in [-0.2, 0) is 46.3 Å². The minimum absolute atomic E-state index is 0.123. The van der Waals surface area contributed by atoms with Gasteiger partial charge < -0.3 is 29.5 Å². The summed E-state index contributed by atoms with van der Waals surface area (Å²) in [7, 11) is -9.33. The van der Waals surface area contributed by atoms with E-state index in [9.17, 15) is 33.6 Å². The summed E-state index contributed by atoms with van der Waals surface area (Å²) >= 11 is 0. The maximum Gasteiger partial charge on any atom is 0.472 e. The van der Waals surface area contributed by atoms with E-state index in [4.69, 9.17) is 19.1 Å². The van der Waals surface area contributed by atoms with Crippen LogP contribution in [0, 0.1) is 0 Å². The number of hydrogen-bond acceptors (Lipinski definition) is 12. The standard InChI is InChI=1S/C20H40O14P2/c1-4-5-6-7-8-9-10-20(24)34-19(14-29-17(3)22)15-33-36(27,28)32-13-18(23)12-31-35(25,26)30-11-16(2)21/h16,18-19,21,23H,4-15H2,1-3H3,(H,25,26)(H,27,28)/t16-,18+,19-/m1/s1. The highest BCUT2D eigenvalue weighted by molar-refractivity contribution is 7.47. The molecule has 0 aromatic heterocycles. The lowest BCUT2D eigenvalue weighted by Crippen LogP contribution is -2.29. The van der Waals surface area contributed by atoms with E-state index in [1.54, 1.807) is 0 Å². The van der Waals surface area contributed by atoms with Crippen molar-refractivity contribution in [2.45, 2.75) is 84.0 Å². The molecule has 0 aliphatic carbocycles. The Morgan fingerprint density at radius 1 is 0.778 bits per heavy atom. The predicted molar refractivity (Wildman–Crippen MR) is 126 cm³/mol. The molecule has 14 nitrogen and oxygen atoms in total. The third-order valence-corrected chi connectivity index (χ3v) is 6.17. The second kappa shape index (κ2) is 19.2. The van der Waals surface area contributed by atoms with Gasteiger partial charge in [-0.05, 0) is 13.3 Å². The molecule has 0 fully saturated rings. The Kier molecular flexibility index (Phi) is 18.7. The van der Waals surface area contributed by atoms with E-state index in [-0.39, 0.29) is 6.42 Å². The molecule has 0 heterocycles. The van der Waals surface area contributed by atoms with E-state index in [0.717, 1.165) is 39.0 Å². The quantitative estimate of drug-likeness (QED) is 0.0843. The summed E-state index contributed by atoms with van der Waals surface area (Å²) in [5.41, 5.74) is 0. The third-order valence-electron chi connectivity index (χ3n) is 4.27. The molecule has 16 heteroatoms. The number of aliphatic hydroxyl groups is 2. The van der Waals surface area contributed by atoms with Crippen LogP contribution < -0.4 is 0 Å². The summed E-state index contributed by atoms with van der Waals surface area (Å²) in [5, 5.41) is 18.8. The van der Waals surface area contributed by atoms with Crippen molar-refractivity contribution in [2.24, 2.45) is 0 Å². The molecule has 4 N–H and O–H groups in total. The molecule has 0 rings (SSSR count). The van der Waals surface area contributed by atoms with Crippen molar-refractivity contribution >= 4 is 27.6 Å². The van der Waals surface area contributed by atoms with Crippen LogP contribution in [0.3, 0.4) is 0 Å². The smallest absolute Gasteiger partial charge is 0.462 e. The monoisotopic (exact) mass is 566 g/mol. The fraction of sp³-hybridized carbons (Fsp3) is 0.900. The van der Waals surface area contributed by atoms with Crippen molar-refractivity contribution in [1.29, 1.82) is 0 Å². The third kappa shape index (κ3) is 21.2. The fourth-order valence-electron chi connectivity index (χ4n) is 2.48. The zero-order chi connectivity index (χ0) is 27.6. The first-order chi connectivity index (χ1) is 16.8. The zero-order valence-electron chi connectivity index (χ0n) is 21.0. The Labute approximate surface area is 211 Å². The molecule has 0 aliphatic heterocycles. The minimum atomic E-state index is -4.76. The first-order valence-corrected chi connectivity index (χ1v) is 14.7. The average molecular weight is 566 g/mol. The first kappa shape index (κ1) is 35.1. The van der Waals surface area contributed by atoms with Crippen LogP contribution in [0.5, 0.6) is 0 Å². The molecule has 2 unspecified atom stereocenters. The molecule has 214 valence electrons. The van der Waals surface area contributed by atoms with Crippen molar-refractivity contribution in [2.75, 3.05) is 33.0 Å². The molecule has 0 amide bonds. The predicted octanol–water partition coefficient (Wildman–Crippen LogP) is 2.22. The number of phosphoric acid groups is 2. The molecule has 5 atom stereocenters. The molecule has 0 aromatic rings. The molecule has 36 heavy (non-hydrogen) atoms. The zero-order valence-corrected chi connectivity index (χ0v) is 22.8. The topological polar surface area (TPSA) is 205 Å². The number of esters is 2. The Morgan fingerprint density at radius 2 is 1.28 bits per heavy atom. The number of phosphoric ester groups is 2. The summed E-state index contributed by atoms with van der Waals surface area (Å²) in [6, 6.07) is 0. The molecule has 0 radical (unpaired) electrons. The highest BCUT2D eigenvalue weighted by Crippen LogP contribution is 2.45. The Hall–Kier alpha value is -0.920. The van der Waals surface area contributed by atoms with Crippen molar-refractivity contribution in [3.05, 3.63) is 0 Å². The largest absolute Gasteiger partial charge is 0.472 e. The van der Waals surface area contributed by atoms with Crippen molar-refractivity contribution < 1.29 is 66.3 Å². The Balaban J connectivity index is 4.52. The van der Waals surface area contributed by atoms with Gasteiger partial charge in [0.05, 0.1) is 32.5 Å². The molecular weight excluding hydrogens is 526 g/mol. The SMILES string of the molecule is CCCCCCCCC(=O)O[C@H](COC(C)=O)COP(=O)(O)OC[C@@H](O)COP(=O)(O)OC[C@@H](C)O. The van der Waals surface area contributed by atoms with Crippen LogP contribution in [0.2, 0.25) is 0 Å². The number of unbranched alkanes of at least 4 members (excludes halogenated alkanes) is 5. The van der Waals surface area contributed by atoms with Gasteiger partial charge in [-0.3, -0.25) is 27.7 Å². The summed E-state index contributed by atoms with van der Waals surface area (Å²) < 4.78 is 51.9. The fourth-order valence-corrected chi connectivity index (χ4v) is 4.11. The van der Waals surface area contributed by atoms with Crippen LogP contribution in [0.25, 0.3) is 0 Å². The van der Waals surface area contributed by atoms with E-state index in [1.807, 2.05) is 0 Å². The highest BCUT2D eigenvalue weighted by Gasteiger charge is 2.28. The van der Waals surface area contributed by atoms with Gasteiger partial charge in [0.15, 0.2) is 6.10 Å². The lowest BCUT2D eigenvalue weighted by molar-refractivity contribution is -0.160. The molecule has 0 aromatic carbocycles. The van der Waals surface area contributed by atoms with E-state index >= 15 is 0 Å². The second-order valence-corrected chi connectivity index (χ2v) is 11.0. The minimum Gasteiger partial charge on any atom is -0.462 e. The van der Waals surface area contributed by atoms with Crippen LogP contribution in [-0.4, -0.2) is 83.3 Å². The van der Waals surface area contributed by atoms with Crippen molar-refractivity contribution in [1.82, 2.24) is 0 Å². The van der Waals surface area contributed by atoms with Crippen molar-refractivity contribution in [3.8, 4) is 0 Å². The van der Waals surface area contributed by atoms with Gasteiger partial charge in [-0.1, -0.05) is 39.0 Å². The van der Waals surface area contributed by atoms with Crippen molar-refractivity contribution in [3.63, 3.8) is 0 Å². The molecule has 0 saturated carbocycles. The molecule has 0 bridgehead atoms. The van der Waals surface area contributed by atoms with Crippen LogP contribution in [0.4, 0.5) is 0 Å². The van der Waals surface area contributed by atoms with E-state index in [2.05, 4.69) is 20.5 Å². The maximum atomic E-state index is 12.1. The number of aliphatic hydroxyl groups excluding tert-OH is 2. The van der Waals surface area contributed by atoms with Crippen LogP contribution in [0.15, 0.2) is 0 Å². The van der Waals surface area contributed by atoms with Gasteiger partial charge in [0.2, 0.25) is 0 Å². The number of carbonyl (C=O) groups is 2. The van der Waals surface area contributed by atoms with E-state index < -0.39 is 78.9 Å². The van der Waals surface area contributed by atoms with Gasteiger partial charge in [-0.15, -0.1) is 0 Å². The summed E-state index contributed by atoms with van der Waals surface area (Å²) in [4.78, 5) is 42.3.